The second-order valence-corrected chi connectivity index (χ2v) is 8.77. The number of aromatic nitrogens is 1. The maximum absolute atomic E-state index is 13.7. The molecule has 0 saturated heterocycles. The van der Waals surface area contributed by atoms with E-state index in [0.717, 1.165) is 33.9 Å². The van der Waals surface area contributed by atoms with Gasteiger partial charge in [0.05, 0.1) is 25.4 Å². The molecule has 1 N–H and O–H groups in total. The summed E-state index contributed by atoms with van der Waals surface area (Å²) in [5.74, 6) is 0.751. The number of methoxy groups -OCH3 is 1. The third-order valence-corrected chi connectivity index (χ3v) is 6.74. The van der Waals surface area contributed by atoms with Gasteiger partial charge in [0.1, 0.15) is 5.75 Å². The van der Waals surface area contributed by atoms with Crippen LogP contribution in [0.2, 0.25) is 0 Å². The Labute approximate surface area is 198 Å². The lowest BCUT2D eigenvalue weighted by molar-refractivity contribution is 0.194. The number of anilines is 1. The minimum absolute atomic E-state index is 0.149. The summed E-state index contributed by atoms with van der Waals surface area (Å²) in [6.45, 7) is 0.495. The highest BCUT2D eigenvalue weighted by Crippen LogP contribution is 2.37. The van der Waals surface area contributed by atoms with Gasteiger partial charge in [-0.15, -0.1) is 11.8 Å². The molecule has 0 fully saturated rings. The highest BCUT2D eigenvalue weighted by molar-refractivity contribution is 7.98. The maximum atomic E-state index is 13.7. The minimum Gasteiger partial charge on any atom is -0.497 e. The van der Waals surface area contributed by atoms with Gasteiger partial charge in [0.15, 0.2) is 0 Å². The average molecular weight is 456 g/mol. The number of ether oxygens (including phenoxy) is 1. The van der Waals surface area contributed by atoms with E-state index in [-0.39, 0.29) is 12.1 Å². The van der Waals surface area contributed by atoms with Gasteiger partial charge in [0, 0.05) is 22.5 Å². The fourth-order valence-electron chi connectivity index (χ4n) is 4.35. The Morgan fingerprint density at radius 1 is 0.970 bits per heavy atom. The lowest BCUT2D eigenvalue weighted by atomic mass is 10.0. The van der Waals surface area contributed by atoms with Crippen molar-refractivity contribution in [3.63, 3.8) is 0 Å². The monoisotopic (exact) mass is 455 g/mol. The number of hydrogen-bond donors (Lipinski definition) is 1. The molecular formula is C27H25N3O2S. The van der Waals surface area contributed by atoms with E-state index in [2.05, 4.69) is 64.8 Å². The molecular weight excluding hydrogens is 430 g/mol. The first-order valence-corrected chi connectivity index (χ1v) is 12.0. The molecule has 5 nitrogen and oxygen atoms in total. The predicted molar refractivity (Wildman–Crippen MR) is 133 cm³/mol. The van der Waals surface area contributed by atoms with E-state index in [1.54, 1.807) is 18.9 Å². The normalized spacial score (nSPS) is 14.7. The Balaban J connectivity index is 1.58. The van der Waals surface area contributed by atoms with Gasteiger partial charge in [0.2, 0.25) is 0 Å². The van der Waals surface area contributed by atoms with Gasteiger partial charge >= 0.3 is 6.03 Å². The zero-order chi connectivity index (χ0) is 22.8. The molecule has 4 aromatic rings. The number of nitrogens with one attached hydrogen (secondary N) is 1. The number of carbonyl (C=O) groups excluding carboxylic acids is 1. The smallest absolute Gasteiger partial charge is 0.322 e. The first-order valence-electron chi connectivity index (χ1n) is 10.8. The number of amides is 2. The van der Waals surface area contributed by atoms with E-state index >= 15 is 0 Å². The first kappa shape index (κ1) is 21.2. The Kier molecular flexibility index (Phi) is 5.84. The molecule has 1 aliphatic heterocycles. The molecule has 0 bridgehead atoms. The van der Waals surface area contributed by atoms with E-state index in [0.29, 0.717) is 6.54 Å². The summed E-state index contributed by atoms with van der Waals surface area (Å²) in [4.78, 5) is 16.8. The lowest BCUT2D eigenvalue weighted by Crippen LogP contribution is -2.37. The van der Waals surface area contributed by atoms with Crippen molar-refractivity contribution in [1.82, 2.24) is 9.47 Å². The third kappa shape index (κ3) is 4.10. The minimum atomic E-state index is -0.235. The van der Waals surface area contributed by atoms with Crippen molar-refractivity contribution in [2.75, 3.05) is 18.7 Å². The molecule has 0 spiro atoms. The van der Waals surface area contributed by atoms with Crippen molar-refractivity contribution >= 4 is 23.5 Å². The van der Waals surface area contributed by atoms with Crippen LogP contribution < -0.4 is 10.1 Å². The molecule has 166 valence electrons. The van der Waals surface area contributed by atoms with Gasteiger partial charge in [0.25, 0.3) is 0 Å². The first-order chi connectivity index (χ1) is 16.2. The summed E-state index contributed by atoms with van der Waals surface area (Å²) >= 11 is 1.71. The molecule has 5 rings (SSSR count). The van der Waals surface area contributed by atoms with Gasteiger partial charge in [-0.2, -0.15) is 0 Å². The van der Waals surface area contributed by atoms with Gasteiger partial charge < -0.3 is 19.5 Å². The molecule has 3 aromatic carbocycles. The standard InChI is InChI=1S/C27H25N3O2S/c1-32-22-13-11-21(12-14-22)28-27(31)30-18-20-6-3-4-7-24(20)29-17-5-8-25(29)26(30)19-9-15-23(33-2)16-10-19/h3-17,26H,18H2,1-2H3,(H,28,31)/t26-/m0/s1. The third-order valence-electron chi connectivity index (χ3n) is 6.00. The van der Waals surface area contributed by atoms with Crippen LogP contribution >= 0.6 is 11.8 Å². The van der Waals surface area contributed by atoms with Crippen LogP contribution in [0.5, 0.6) is 5.75 Å². The summed E-state index contributed by atoms with van der Waals surface area (Å²) in [6, 6.07) is 27.9. The van der Waals surface area contributed by atoms with Gasteiger partial charge in [-0.3, -0.25) is 0 Å². The van der Waals surface area contributed by atoms with E-state index < -0.39 is 0 Å². The van der Waals surface area contributed by atoms with E-state index in [9.17, 15) is 4.79 Å². The number of benzene rings is 3. The number of nitrogens with zero attached hydrogens (tertiary/aromatic N) is 2. The van der Waals surface area contributed by atoms with Crippen LogP contribution in [0.4, 0.5) is 10.5 Å². The fourth-order valence-corrected chi connectivity index (χ4v) is 4.75. The van der Waals surface area contributed by atoms with Crippen molar-refractivity contribution < 1.29 is 9.53 Å². The van der Waals surface area contributed by atoms with Crippen LogP contribution in [0.3, 0.4) is 0 Å². The maximum Gasteiger partial charge on any atom is 0.322 e. The topological polar surface area (TPSA) is 46.5 Å². The summed E-state index contributed by atoms with van der Waals surface area (Å²) in [5, 5.41) is 3.08. The molecule has 0 radical (unpaired) electrons. The molecule has 2 heterocycles. The fraction of sp³-hybridized carbons (Fsp3) is 0.148. The van der Waals surface area contributed by atoms with E-state index in [1.165, 1.54) is 4.90 Å². The molecule has 6 heteroatoms. The number of para-hydroxylation sites is 1. The van der Waals surface area contributed by atoms with Crippen LogP contribution in [0.25, 0.3) is 5.69 Å². The highest BCUT2D eigenvalue weighted by atomic mass is 32.2. The second-order valence-electron chi connectivity index (χ2n) is 7.89. The van der Waals surface area contributed by atoms with Crippen LogP contribution in [-0.2, 0) is 6.54 Å². The van der Waals surface area contributed by atoms with Crippen LogP contribution in [0.15, 0.2) is 96.0 Å². The number of thioether (sulfide) groups is 1. The van der Waals surface area contributed by atoms with Crippen molar-refractivity contribution in [3.05, 3.63) is 108 Å². The molecule has 0 aliphatic carbocycles. The van der Waals surface area contributed by atoms with Crippen molar-refractivity contribution in [2.45, 2.75) is 17.5 Å². The summed E-state index contributed by atoms with van der Waals surface area (Å²) < 4.78 is 7.44. The van der Waals surface area contributed by atoms with Crippen LogP contribution in [0, 0.1) is 0 Å². The van der Waals surface area contributed by atoms with E-state index in [1.807, 2.05) is 47.4 Å². The molecule has 1 aromatic heterocycles. The van der Waals surface area contributed by atoms with Gasteiger partial charge in [-0.05, 0) is 72.0 Å². The number of hydrogen-bond acceptors (Lipinski definition) is 3. The zero-order valence-electron chi connectivity index (χ0n) is 18.6. The number of rotatable bonds is 4. The quantitative estimate of drug-likeness (QED) is 0.365. The Bertz CT molecular complexity index is 1270. The zero-order valence-corrected chi connectivity index (χ0v) is 19.4. The van der Waals surface area contributed by atoms with E-state index in [4.69, 9.17) is 4.74 Å². The number of fused-ring (bicyclic) bond motifs is 3. The number of urea groups is 1. The average Bonchev–Trinajstić information content (AvgIpc) is 3.29. The SMILES string of the molecule is COc1ccc(NC(=O)N2Cc3ccccc3-n3cccc3[C@@H]2c2ccc(SC)cc2)cc1. The van der Waals surface area contributed by atoms with Gasteiger partial charge in [-0.1, -0.05) is 30.3 Å². The summed E-state index contributed by atoms with van der Waals surface area (Å²) in [7, 11) is 1.63. The van der Waals surface area contributed by atoms with Crippen molar-refractivity contribution in [2.24, 2.45) is 0 Å². The Morgan fingerprint density at radius 2 is 1.73 bits per heavy atom. The highest BCUT2D eigenvalue weighted by Gasteiger charge is 2.33. The van der Waals surface area contributed by atoms with Crippen LogP contribution in [0.1, 0.15) is 22.9 Å². The Morgan fingerprint density at radius 3 is 2.45 bits per heavy atom. The molecule has 0 saturated carbocycles. The molecule has 1 aliphatic rings. The summed E-state index contributed by atoms with van der Waals surface area (Å²) in [5.41, 5.74) is 5.06. The van der Waals surface area contributed by atoms with Gasteiger partial charge in [-0.25, -0.2) is 4.79 Å². The molecule has 33 heavy (non-hydrogen) atoms. The number of carbonyl (C=O) groups is 1. The molecule has 0 unspecified atom stereocenters. The molecule has 1 atom stereocenters. The lowest BCUT2D eigenvalue weighted by Gasteiger charge is -2.31. The summed E-state index contributed by atoms with van der Waals surface area (Å²) in [6.07, 6.45) is 4.14. The predicted octanol–water partition coefficient (Wildman–Crippen LogP) is 6.34. The molecule has 2 amide bonds. The van der Waals surface area contributed by atoms with Crippen LogP contribution in [-0.4, -0.2) is 28.9 Å². The van der Waals surface area contributed by atoms with Crippen molar-refractivity contribution in [1.29, 1.82) is 0 Å². The Hall–Kier alpha value is -3.64. The second kappa shape index (κ2) is 9.08. The van der Waals surface area contributed by atoms with Crippen molar-refractivity contribution in [3.8, 4) is 11.4 Å². The largest absolute Gasteiger partial charge is 0.497 e.